The maximum atomic E-state index is 5.30. The molecule has 0 unspecified atom stereocenters. The first-order chi connectivity index (χ1) is 32.6. The Morgan fingerprint density at radius 2 is 0.803 bits per heavy atom. The zero-order valence-electron chi connectivity index (χ0n) is 37.1. The van der Waals surface area contributed by atoms with Crippen molar-refractivity contribution in [3.8, 4) is 33.5 Å². The Labute approximate surface area is 387 Å². The number of fused-ring (bicyclic) bond motifs is 3. The average molecular weight is 845 g/mol. The van der Waals surface area contributed by atoms with Crippen molar-refractivity contribution in [3.63, 3.8) is 0 Å². The molecule has 0 aliphatic rings. The van der Waals surface area contributed by atoms with Crippen LogP contribution in [0.25, 0.3) is 55.2 Å². The molecule has 1 heterocycles. The number of aromatic nitrogens is 1. The molecule has 0 fully saturated rings. The number of hydrogen-bond donors (Lipinski definition) is 0. The van der Waals surface area contributed by atoms with Gasteiger partial charge in [-0.2, -0.15) is 0 Å². The Morgan fingerprint density at radius 3 is 1.44 bits per heavy atom. The molecule has 0 atom stereocenters. The summed E-state index contributed by atoms with van der Waals surface area (Å²) in [6.45, 7) is 4.52. The van der Waals surface area contributed by atoms with Crippen LogP contribution >= 0.6 is 0 Å². The third-order valence-corrected chi connectivity index (χ3v) is 13.3. The van der Waals surface area contributed by atoms with Crippen molar-refractivity contribution in [2.45, 2.75) is 19.3 Å². The third-order valence-electron chi connectivity index (χ3n) is 13.3. The largest absolute Gasteiger partial charge is 0.310 e. The number of aryl methyl sites for hydroxylation is 2. The van der Waals surface area contributed by atoms with Crippen molar-refractivity contribution in [2.24, 2.45) is 0 Å². The van der Waals surface area contributed by atoms with Crippen LogP contribution in [0.5, 0.6) is 0 Å². The van der Waals surface area contributed by atoms with Gasteiger partial charge in [0.2, 0.25) is 0 Å². The van der Waals surface area contributed by atoms with Crippen LogP contribution in [0.3, 0.4) is 0 Å². The van der Waals surface area contributed by atoms with E-state index in [2.05, 4.69) is 274 Å². The van der Waals surface area contributed by atoms with Crippen molar-refractivity contribution < 1.29 is 0 Å². The molecule has 66 heavy (non-hydrogen) atoms. The summed E-state index contributed by atoms with van der Waals surface area (Å²) in [5.74, 6) is 0. The lowest BCUT2D eigenvalue weighted by Gasteiger charge is -2.39. The van der Waals surface area contributed by atoms with E-state index in [0.717, 1.165) is 50.3 Å². The Bertz CT molecular complexity index is 3430. The molecular weight excluding hydrogens is 797 g/mol. The summed E-state index contributed by atoms with van der Waals surface area (Å²) in [5.41, 5.74) is 17.9. The molecule has 0 radical (unpaired) electrons. The Morgan fingerprint density at radius 1 is 0.333 bits per heavy atom. The number of para-hydroxylation sites is 1. The maximum absolute atomic E-state index is 5.30. The smallest absolute Gasteiger partial charge is 0.0794 e. The molecule has 10 aromatic carbocycles. The highest BCUT2D eigenvalue weighted by Crippen LogP contribution is 2.49. The summed E-state index contributed by atoms with van der Waals surface area (Å²) in [5, 5.41) is 3.53. The predicted molar refractivity (Wildman–Crippen MR) is 278 cm³/mol. The number of nitrogens with zero attached hydrogens (tertiary/aromatic N) is 2. The lowest BCUT2D eigenvalue weighted by atomic mass is 9.63. The van der Waals surface area contributed by atoms with E-state index in [4.69, 9.17) is 4.98 Å². The molecule has 2 heteroatoms. The van der Waals surface area contributed by atoms with E-state index >= 15 is 0 Å². The van der Waals surface area contributed by atoms with Crippen LogP contribution in [0.2, 0.25) is 0 Å². The highest BCUT2D eigenvalue weighted by molar-refractivity contribution is 6.12. The standard InChI is InChI=1S/C64H48N2/c1-45-20-12-18-32-60(45)64(50-23-8-4-9-24-50,51-25-10-5-11-26-51)61-43-42-54(44-46(61)2)66(52-38-34-48(35-39-52)47-21-6-3-7-22-47)53-40-36-49(37-41-53)55-27-13-15-30-58(55)63-59-31-16-14-28-56(59)57-29-17-19-33-62(57)65-63/h3-44H,1-2H3. The van der Waals surface area contributed by atoms with Crippen LogP contribution in [-0.4, -0.2) is 4.98 Å². The van der Waals surface area contributed by atoms with Gasteiger partial charge in [0.25, 0.3) is 0 Å². The predicted octanol–water partition coefficient (Wildman–Crippen LogP) is 16.9. The maximum Gasteiger partial charge on any atom is 0.0794 e. The highest BCUT2D eigenvalue weighted by atomic mass is 15.1. The topological polar surface area (TPSA) is 16.1 Å². The summed E-state index contributed by atoms with van der Waals surface area (Å²) < 4.78 is 0. The van der Waals surface area contributed by atoms with Gasteiger partial charge in [-0.15, -0.1) is 0 Å². The van der Waals surface area contributed by atoms with Crippen LogP contribution in [0, 0.1) is 13.8 Å². The fraction of sp³-hybridized carbons (Fsp3) is 0.0469. The first kappa shape index (κ1) is 40.4. The van der Waals surface area contributed by atoms with Gasteiger partial charge in [0, 0.05) is 33.4 Å². The average Bonchev–Trinajstić information content (AvgIpc) is 3.39. The van der Waals surface area contributed by atoms with Gasteiger partial charge in [-0.05, 0) is 117 Å². The van der Waals surface area contributed by atoms with Crippen molar-refractivity contribution >= 4 is 38.7 Å². The quantitative estimate of drug-likeness (QED) is 0.101. The number of anilines is 3. The Kier molecular flexibility index (Phi) is 10.6. The van der Waals surface area contributed by atoms with Crippen LogP contribution in [-0.2, 0) is 5.41 Å². The van der Waals surface area contributed by atoms with E-state index in [0.29, 0.717) is 0 Å². The highest BCUT2D eigenvalue weighted by Gasteiger charge is 2.40. The zero-order chi connectivity index (χ0) is 44.5. The molecule has 11 aromatic rings. The number of hydrogen-bond acceptors (Lipinski definition) is 2. The van der Waals surface area contributed by atoms with E-state index < -0.39 is 5.41 Å². The summed E-state index contributed by atoms with van der Waals surface area (Å²) in [7, 11) is 0. The van der Waals surface area contributed by atoms with Gasteiger partial charge in [-0.1, -0.05) is 212 Å². The molecule has 11 rings (SSSR count). The minimum Gasteiger partial charge on any atom is -0.310 e. The molecule has 0 amide bonds. The fourth-order valence-corrected chi connectivity index (χ4v) is 10.2. The summed E-state index contributed by atoms with van der Waals surface area (Å²) in [6.07, 6.45) is 0. The molecule has 0 saturated heterocycles. The van der Waals surface area contributed by atoms with Crippen LogP contribution in [0.1, 0.15) is 33.4 Å². The molecule has 0 aliphatic carbocycles. The van der Waals surface area contributed by atoms with Crippen molar-refractivity contribution in [3.05, 3.63) is 288 Å². The summed E-state index contributed by atoms with van der Waals surface area (Å²) in [4.78, 5) is 7.69. The van der Waals surface area contributed by atoms with E-state index in [9.17, 15) is 0 Å². The second-order valence-electron chi connectivity index (χ2n) is 17.2. The Hall–Kier alpha value is -8.33. The summed E-state index contributed by atoms with van der Waals surface area (Å²) in [6, 6.07) is 92.3. The second-order valence-corrected chi connectivity index (χ2v) is 17.2. The lowest BCUT2D eigenvalue weighted by Crippen LogP contribution is -2.32. The lowest BCUT2D eigenvalue weighted by molar-refractivity contribution is 0.732. The zero-order valence-corrected chi connectivity index (χ0v) is 37.1. The van der Waals surface area contributed by atoms with Crippen LogP contribution < -0.4 is 4.90 Å². The van der Waals surface area contributed by atoms with Gasteiger partial charge < -0.3 is 4.90 Å². The third kappa shape index (κ3) is 7.14. The minimum absolute atomic E-state index is 0.557. The van der Waals surface area contributed by atoms with Crippen molar-refractivity contribution in [1.29, 1.82) is 0 Å². The first-order valence-corrected chi connectivity index (χ1v) is 22.8. The molecular formula is C64H48N2. The molecule has 2 nitrogen and oxygen atoms in total. The van der Waals surface area contributed by atoms with E-state index in [1.165, 1.54) is 55.3 Å². The van der Waals surface area contributed by atoms with E-state index in [1.807, 2.05) is 0 Å². The normalized spacial score (nSPS) is 11.5. The van der Waals surface area contributed by atoms with E-state index in [-0.39, 0.29) is 0 Å². The minimum atomic E-state index is -0.557. The molecule has 0 bridgehead atoms. The van der Waals surface area contributed by atoms with E-state index in [1.54, 1.807) is 0 Å². The summed E-state index contributed by atoms with van der Waals surface area (Å²) >= 11 is 0. The number of pyridine rings is 1. The van der Waals surface area contributed by atoms with Gasteiger partial charge in [-0.25, -0.2) is 4.98 Å². The number of benzene rings is 10. The molecule has 0 N–H and O–H groups in total. The van der Waals surface area contributed by atoms with Gasteiger partial charge in [0.05, 0.1) is 16.6 Å². The van der Waals surface area contributed by atoms with Crippen molar-refractivity contribution in [2.75, 3.05) is 4.90 Å². The fourth-order valence-electron chi connectivity index (χ4n) is 10.2. The van der Waals surface area contributed by atoms with Gasteiger partial charge in [-0.3, -0.25) is 0 Å². The molecule has 0 spiro atoms. The van der Waals surface area contributed by atoms with Crippen LogP contribution in [0.15, 0.2) is 255 Å². The van der Waals surface area contributed by atoms with Gasteiger partial charge >= 0.3 is 0 Å². The van der Waals surface area contributed by atoms with Crippen molar-refractivity contribution in [1.82, 2.24) is 4.98 Å². The van der Waals surface area contributed by atoms with Crippen LogP contribution in [0.4, 0.5) is 17.1 Å². The SMILES string of the molecule is Cc1ccccc1C(c1ccccc1)(c1ccccc1)c1ccc(N(c2ccc(-c3ccccc3)cc2)c2ccc(-c3ccccc3-c3nc4ccccc4c4ccccc34)cc2)cc1C. The second kappa shape index (κ2) is 17.3. The molecule has 0 aliphatic heterocycles. The van der Waals surface area contributed by atoms with Gasteiger partial charge in [0.1, 0.15) is 0 Å². The Balaban J connectivity index is 1.06. The molecule has 314 valence electrons. The molecule has 1 aromatic heterocycles. The van der Waals surface area contributed by atoms with Gasteiger partial charge in [0.15, 0.2) is 0 Å². The monoisotopic (exact) mass is 844 g/mol. The molecule has 0 saturated carbocycles. The number of rotatable bonds is 10. The first-order valence-electron chi connectivity index (χ1n) is 22.8.